The normalized spacial score (nSPS) is 28.3. The lowest BCUT2D eigenvalue weighted by molar-refractivity contribution is -0.0390. The van der Waals surface area contributed by atoms with Crippen molar-refractivity contribution >= 4 is 15.7 Å². The first-order chi connectivity index (χ1) is 10.8. The summed E-state index contributed by atoms with van der Waals surface area (Å²) >= 11 is 0. The van der Waals surface area contributed by atoms with Crippen molar-refractivity contribution in [1.29, 1.82) is 0 Å². The molecule has 1 aromatic rings. The third-order valence-electron chi connectivity index (χ3n) is 4.45. The molecule has 0 aromatic heterocycles. The average Bonchev–Trinajstić information content (AvgIpc) is 2.87. The topological polar surface area (TPSA) is 75.7 Å². The fourth-order valence-electron chi connectivity index (χ4n) is 3.28. The summed E-state index contributed by atoms with van der Waals surface area (Å²) in [6.45, 7) is 4.46. The molecular formula is C16H22N2O4S. The molecule has 0 unspecified atom stereocenters. The van der Waals surface area contributed by atoms with Crippen molar-refractivity contribution in [1.82, 2.24) is 10.2 Å². The minimum Gasteiger partial charge on any atom is -0.376 e. The van der Waals surface area contributed by atoms with Gasteiger partial charge in [0.25, 0.3) is 5.91 Å². The zero-order valence-corrected chi connectivity index (χ0v) is 14.2. The standard InChI is InChI=1S/C16H22N2O4S/c1-11-8-18-9-13(7-14(18)10-22-11)17-16(19)12-4-3-5-15(6-12)23(2,20)21/h3-6,11,13-14H,7-10H2,1-2H3,(H,17,19)/t11-,13+,14-/m0/s1. The number of carbonyl (C=O) groups excluding carboxylic acids is 1. The summed E-state index contributed by atoms with van der Waals surface area (Å²) in [6.07, 6.45) is 2.23. The van der Waals surface area contributed by atoms with Crippen molar-refractivity contribution in [2.75, 3.05) is 26.0 Å². The van der Waals surface area contributed by atoms with Crippen LogP contribution in [0.4, 0.5) is 0 Å². The zero-order valence-electron chi connectivity index (χ0n) is 13.4. The van der Waals surface area contributed by atoms with Crippen molar-refractivity contribution in [3.05, 3.63) is 29.8 Å². The fourth-order valence-corrected chi connectivity index (χ4v) is 3.95. The van der Waals surface area contributed by atoms with Crippen LogP contribution in [0.5, 0.6) is 0 Å². The third kappa shape index (κ3) is 3.73. The maximum absolute atomic E-state index is 12.4. The molecule has 1 N–H and O–H groups in total. The molecule has 7 heteroatoms. The van der Waals surface area contributed by atoms with E-state index in [0.29, 0.717) is 18.2 Å². The minimum atomic E-state index is -3.31. The number of rotatable bonds is 3. The van der Waals surface area contributed by atoms with E-state index < -0.39 is 9.84 Å². The number of morpholine rings is 1. The van der Waals surface area contributed by atoms with E-state index in [9.17, 15) is 13.2 Å². The van der Waals surface area contributed by atoms with E-state index in [2.05, 4.69) is 17.1 Å². The van der Waals surface area contributed by atoms with Crippen LogP contribution in [0.1, 0.15) is 23.7 Å². The molecule has 2 heterocycles. The van der Waals surface area contributed by atoms with Crippen molar-refractivity contribution in [2.45, 2.75) is 36.4 Å². The summed E-state index contributed by atoms with van der Waals surface area (Å²) in [5.41, 5.74) is 0.377. The van der Waals surface area contributed by atoms with E-state index in [1.54, 1.807) is 12.1 Å². The average molecular weight is 338 g/mol. The number of amides is 1. The molecule has 0 saturated carbocycles. The van der Waals surface area contributed by atoms with E-state index in [1.807, 2.05) is 0 Å². The zero-order chi connectivity index (χ0) is 16.6. The predicted octanol–water partition coefficient (Wildman–Crippen LogP) is 0.681. The van der Waals surface area contributed by atoms with Gasteiger partial charge in [0.05, 0.1) is 17.6 Å². The van der Waals surface area contributed by atoms with E-state index >= 15 is 0 Å². The Balaban J connectivity index is 1.66. The van der Waals surface area contributed by atoms with Crippen LogP contribution in [-0.4, -0.2) is 63.4 Å². The number of hydrogen-bond donors (Lipinski definition) is 1. The summed E-state index contributed by atoms with van der Waals surface area (Å²) in [7, 11) is -3.31. The molecule has 3 rings (SSSR count). The molecule has 1 aromatic carbocycles. The van der Waals surface area contributed by atoms with E-state index in [0.717, 1.165) is 25.8 Å². The Labute approximate surface area is 136 Å². The predicted molar refractivity (Wildman–Crippen MR) is 86.2 cm³/mol. The van der Waals surface area contributed by atoms with Gasteiger partial charge in [0, 0.05) is 37.0 Å². The largest absolute Gasteiger partial charge is 0.376 e. The first-order valence-electron chi connectivity index (χ1n) is 7.79. The molecule has 1 amide bonds. The quantitative estimate of drug-likeness (QED) is 0.877. The number of nitrogens with one attached hydrogen (secondary N) is 1. The first kappa shape index (κ1) is 16.4. The van der Waals surface area contributed by atoms with Gasteiger partial charge in [-0.2, -0.15) is 0 Å². The summed E-state index contributed by atoms with van der Waals surface area (Å²) in [5, 5.41) is 3.01. The summed E-state index contributed by atoms with van der Waals surface area (Å²) in [6, 6.07) is 6.59. The molecule has 0 bridgehead atoms. The first-order valence-corrected chi connectivity index (χ1v) is 9.68. The number of benzene rings is 1. The molecule has 2 fully saturated rings. The third-order valence-corrected chi connectivity index (χ3v) is 5.56. The minimum absolute atomic E-state index is 0.0725. The molecule has 3 atom stereocenters. The van der Waals surface area contributed by atoms with Crippen molar-refractivity contribution < 1.29 is 17.9 Å². The van der Waals surface area contributed by atoms with Gasteiger partial charge in [-0.3, -0.25) is 9.69 Å². The molecule has 0 spiro atoms. The van der Waals surface area contributed by atoms with Crippen LogP contribution in [0.25, 0.3) is 0 Å². The fraction of sp³-hybridized carbons (Fsp3) is 0.562. The van der Waals surface area contributed by atoms with Gasteiger partial charge in [0.15, 0.2) is 9.84 Å². The molecule has 0 radical (unpaired) electrons. The van der Waals surface area contributed by atoms with Crippen LogP contribution >= 0.6 is 0 Å². The second-order valence-corrected chi connectivity index (χ2v) is 8.47. The molecule has 126 valence electrons. The van der Waals surface area contributed by atoms with E-state index in [4.69, 9.17) is 4.74 Å². The van der Waals surface area contributed by atoms with Gasteiger partial charge in [0.2, 0.25) is 0 Å². The van der Waals surface area contributed by atoms with Gasteiger partial charge < -0.3 is 10.1 Å². The van der Waals surface area contributed by atoms with Gasteiger partial charge in [-0.05, 0) is 31.5 Å². The maximum Gasteiger partial charge on any atom is 0.251 e. The van der Waals surface area contributed by atoms with Gasteiger partial charge >= 0.3 is 0 Å². The van der Waals surface area contributed by atoms with Gasteiger partial charge in [-0.15, -0.1) is 0 Å². The highest BCUT2D eigenvalue weighted by Gasteiger charge is 2.36. The van der Waals surface area contributed by atoms with Crippen molar-refractivity contribution in [3.63, 3.8) is 0 Å². The van der Waals surface area contributed by atoms with E-state index in [-0.39, 0.29) is 22.9 Å². The Morgan fingerprint density at radius 3 is 2.87 bits per heavy atom. The number of hydrogen-bond acceptors (Lipinski definition) is 5. The second kappa shape index (κ2) is 6.22. The Bertz CT molecular complexity index is 704. The highest BCUT2D eigenvalue weighted by molar-refractivity contribution is 7.90. The lowest BCUT2D eigenvalue weighted by Crippen LogP contribution is -2.45. The molecule has 6 nitrogen and oxygen atoms in total. The molecule has 2 saturated heterocycles. The number of ether oxygens (including phenoxy) is 1. The van der Waals surface area contributed by atoms with Gasteiger partial charge in [-0.25, -0.2) is 8.42 Å². The number of carbonyl (C=O) groups is 1. The van der Waals surface area contributed by atoms with Gasteiger partial charge in [0.1, 0.15) is 0 Å². The highest BCUT2D eigenvalue weighted by Crippen LogP contribution is 2.23. The summed E-state index contributed by atoms with van der Waals surface area (Å²) < 4.78 is 28.9. The number of fused-ring (bicyclic) bond motifs is 1. The Morgan fingerprint density at radius 2 is 2.13 bits per heavy atom. The number of sulfone groups is 1. The Kier molecular flexibility index (Phi) is 4.44. The van der Waals surface area contributed by atoms with E-state index in [1.165, 1.54) is 12.1 Å². The van der Waals surface area contributed by atoms with Crippen LogP contribution < -0.4 is 5.32 Å². The molecule has 0 aliphatic carbocycles. The summed E-state index contributed by atoms with van der Waals surface area (Å²) in [4.78, 5) is 14.9. The monoisotopic (exact) mass is 338 g/mol. The molecule has 2 aliphatic rings. The smallest absolute Gasteiger partial charge is 0.251 e. The molecule has 2 aliphatic heterocycles. The summed E-state index contributed by atoms with van der Waals surface area (Å²) in [5.74, 6) is -0.227. The lowest BCUT2D eigenvalue weighted by Gasteiger charge is -2.33. The van der Waals surface area contributed by atoms with Crippen LogP contribution in [0.2, 0.25) is 0 Å². The van der Waals surface area contributed by atoms with Crippen LogP contribution in [0, 0.1) is 0 Å². The van der Waals surface area contributed by atoms with Gasteiger partial charge in [-0.1, -0.05) is 6.07 Å². The van der Waals surface area contributed by atoms with Crippen LogP contribution in [0.3, 0.4) is 0 Å². The SMILES string of the molecule is C[C@H]1CN2C[C@H](NC(=O)c3cccc(S(C)(=O)=O)c3)C[C@H]2CO1. The second-order valence-electron chi connectivity index (χ2n) is 6.46. The van der Waals surface area contributed by atoms with Crippen LogP contribution in [0.15, 0.2) is 29.2 Å². The van der Waals surface area contributed by atoms with Crippen molar-refractivity contribution in [3.8, 4) is 0 Å². The van der Waals surface area contributed by atoms with Crippen molar-refractivity contribution in [2.24, 2.45) is 0 Å². The maximum atomic E-state index is 12.4. The lowest BCUT2D eigenvalue weighted by atomic mass is 10.1. The molecular weight excluding hydrogens is 316 g/mol. The highest BCUT2D eigenvalue weighted by atomic mass is 32.2. The number of nitrogens with zero attached hydrogens (tertiary/aromatic N) is 1. The molecule has 23 heavy (non-hydrogen) atoms. The Morgan fingerprint density at radius 1 is 1.35 bits per heavy atom. The Hall–Kier alpha value is -1.44. The van der Waals surface area contributed by atoms with Crippen LogP contribution in [-0.2, 0) is 14.6 Å².